The molecule has 2 atom stereocenters. The molecule has 0 aliphatic carbocycles. The largest absolute Gasteiger partial charge is 0.452 e. The number of nitrogens with zero attached hydrogens (tertiary/aromatic N) is 3. The normalized spacial score (nSPS) is 17.3. The van der Waals surface area contributed by atoms with E-state index in [1.807, 2.05) is 45.5 Å². The Hall–Kier alpha value is -2.60. The van der Waals surface area contributed by atoms with Gasteiger partial charge < -0.3 is 9.47 Å². The summed E-state index contributed by atoms with van der Waals surface area (Å²) in [5.41, 5.74) is 3.83. The Morgan fingerprint density at radius 2 is 1.71 bits per heavy atom. The van der Waals surface area contributed by atoms with Crippen molar-refractivity contribution >= 4 is 35.1 Å². The van der Waals surface area contributed by atoms with Gasteiger partial charge in [-0.1, -0.05) is 56.6 Å². The van der Waals surface area contributed by atoms with Crippen LogP contribution in [-0.2, 0) is 26.2 Å². The molecule has 1 aliphatic rings. The summed E-state index contributed by atoms with van der Waals surface area (Å²) < 4.78 is 13.8. The van der Waals surface area contributed by atoms with Crippen molar-refractivity contribution in [3.8, 4) is 0 Å². The first-order chi connectivity index (χ1) is 15.7. The molecular weight excluding hydrogens is 450 g/mol. The number of ether oxygens (including phenoxy) is 2. The van der Waals surface area contributed by atoms with Gasteiger partial charge in [0.1, 0.15) is 11.7 Å². The fourth-order valence-electron chi connectivity index (χ4n) is 3.55. The zero-order chi connectivity index (χ0) is 25.4. The minimum atomic E-state index is -0.832. The molecule has 0 saturated heterocycles. The SMILES string of the molecule is CCn1nc(C)c(Cl)c1/C(OC(C)OC(=O)C(C)(C)C)=C(/c1ccc(C(C)(C)C)cc1)C1C=N1. The topological polar surface area (TPSA) is 65.7 Å². The van der Waals surface area contributed by atoms with Crippen molar-refractivity contribution in [1.82, 2.24) is 9.78 Å². The lowest BCUT2D eigenvalue weighted by Crippen LogP contribution is -2.28. The average molecular weight is 486 g/mol. The average Bonchev–Trinajstić information content (AvgIpc) is 3.52. The number of aryl methyl sites for hydroxylation is 2. The zero-order valence-electron chi connectivity index (χ0n) is 21.7. The lowest BCUT2D eigenvalue weighted by Gasteiger charge is -2.25. The maximum absolute atomic E-state index is 12.5. The van der Waals surface area contributed by atoms with E-state index in [9.17, 15) is 4.79 Å². The Balaban J connectivity index is 2.15. The predicted octanol–water partition coefficient (Wildman–Crippen LogP) is 6.44. The van der Waals surface area contributed by atoms with E-state index in [4.69, 9.17) is 21.1 Å². The maximum atomic E-state index is 12.5. The summed E-state index contributed by atoms with van der Waals surface area (Å²) in [6.45, 7) is 18.2. The van der Waals surface area contributed by atoms with Crippen molar-refractivity contribution in [1.29, 1.82) is 0 Å². The van der Waals surface area contributed by atoms with Crippen molar-refractivity contribution in [2.75, 3.05) is 0 Å². The lowest BCUT2D eigenvalue weighted by molar-refractivity contribution is -0.173. The third-order valence-corrected chi connectivity index (χ3v) is 6.09. The van der Waals surface area contributed by atoms with Crippen LogP contribution in [0.3, 0.4) is 0 Å². The number of carbonyl (C=O) groups is 1. The number of carbonyl (C=O) groups excluding carboxylic acids is 1. The molecule has 1 aromatic carbocycles. The molecule has 1 aromatic heterocycles. The van der Waals surface area contributed by atoms with E-state index in [-0.39, 0.29) is 17.4 Å². The van der Waals surface area contributed by atoms with Gasteiger partial charge in [0, 0.05) is 25.3 Å². The summed E-state index contributed by atoms with van der Waals surface area (Å²) in [5.74, 6) is 0.178. The molecule has 0 radical (unpaired) electrons. The van der Waals surface area contributed by atoms with Crippen LogP contribution >= 0.6 is 11.6 Å². The third kappa shape index (κ3) is 5.72. The Morgan fingerprint density at radius 1 is 1.12 bits per heavy atom. The highest BCUT2D eigenvalue weighted by molar-refractivity contribution is 6.33. The van der Waals surface area contributed by atoms with Gasteiger partial charge in [0.25, 0.3) is 0 Å². The van der Waals surface area contributed by atoms with Crippen LogP contribution in [-0.4, -0.2) is 34.3 Å². The number of esters is 1. The second-order valence-electron chi connectivity index (χ2n) is 10.7. The fraction of sp³-hybridized carbons (Fsp3) is 0.519. The Labute approximate surface area is 208 Å². The van der Waals surface area contributed by atoms with Crippen molar-refractivity contribution in [2.24, 2.45) is 10.4 Å². The van der Waals surface area contributed by atoms with Gasteiger partial charge in [-0.25, -0.2) is 0 Å². The molecule has 2 heterocycles. The second kappa shape index (κ2) is 9.57. The summed E-state index contributed by atoms with van der Waals surface area (Å²) in [5, 5.41) is 5.09. The molecule has 2 unspecified atom stereocenters. The van der Waals surface area contributed by atoms with Crippen LogP contribution < -0.4 is 0 Å². The molecule has 0 amide bonds. The summed E-state index contributed by atoms with van der Waals surface area (Å²) in [6, 6.07) is 8.28. The van der Waals surface area contributed by atoms with E-state index in [1.54, 1.807) is 6.92 Å². The number of hydrogen-bond acceptors (Lipinski definition) is 5. The van der Waals surface area contributed by atoms with Crippen molar-refractivity contribution in [2.45, 2.75) is 86.6 Å². The summed E-state index contributed by atoms with van der Waals surface area (Å²) in [6.07, 6.45) is 1.04. The number of halogens is 1. The van der Waals surface area contributed by atoms with Crippen molar-refractivity contribution in [3.63, 3.8) is 0 Å². The van der Waals surface area contributed by atoms with Crippen LogP contribution in [0.2, 0.25) is 5.02 Å². The number of hydrogen-bond donors (Lipinski definition) is 0. The van der Waals surface area contributed by atoms with Gasteiger partial charge >= 0.3 is 5.97 Å². The highest BCUT2D eigenvalue weighted by atomic mass is 35.5. The van der Waals surface area contributed by atoms with Gasteiger partial charge in [-0.3, -0.25) is 14.5 Å². The fourth-order valence-corrected chi connectivity index (χ4v) is 3.77. The third-order valence-electron chi connectivity index (χ3n) is 5.64. The molecule has 0 N–H and O–H groups in total. The van der Waals surface area contributed by atoms with Crippen LogP contribution in [0.1, 0.15) is 77.9 Å². The number of aromatic nitrogens is 2. The standard InChI is InChI=1S/C27H36ClN3O3/c1-10-31-23(22(28)16(2)30-31)24(33-17(3)34-25(32)27(7,8)9)21(20-15-29-20)18-11-13-19(14-12-18)26(4,5)6/h11-15,17,20H,10H2,1-9H3/b24-21+. The quantitative estimate of drug-likeness (QED) is 0.257. The molecule has 1 aliphatic heterocycles. The maximum Gasteiger partial charge on any atom is 0.314 e. The molecular formula is C27H36ClN3O3. The molecule has 3 rings (SSSR count). The van der Waals surface area contributed by atoms with E-state index in [0.717, 1.165) is 11.1 Å². The van der Waals surface area contributed by atoms with E-state index in [2.05, 4.69) is 55.1 Å². The Kier molecular flexibility index (Phi) is 7.32. The molecule has 0 spiro atoms. The first kappa shape index (κ1) is 26.0. The molecule has 0 bridgehead atoms. The van der Waals surface area contributed by atoms with Crippen LogP contribution in [0.15, 0.2) is 29.3 Å². The molecule has 0 saturated carbocycles. The number of aliphatic imine (C=N–C) groups is 1. The highest BCUT2D eigenvalue weighted by Gasteiger charge is 2.33. The highest BCUT2D eigenvalue weighted by Crippen LogP contribution is 2.39. The van der Waals surface area contributed by atoms with Gasteiger partial charge in [0.15, 0.2) is 5.76 Å². The van der Waals surface area contributed by atoms with Gasteiger partial charge in [-0.2, -0.15) is 5.10 Å². The smallest absolute Gasteiger partial charge is 0.314 e. The van der Waals surface area contributed by atoms with Gasteiger partial charge in [0.05, 0.1) is 16.1 Å². The van der Waals surface area contributed by atoms with Crippen molar-refractivity contribution in [3.05, 3.63) is 51.8 Å². The monoisotopic (exact) mass is 485 g/mol. The zero-order valence-corrected chi connectivity index (χ0v) is 22.4. The number of rotatable bonds is 7. The Bertz CT molecular complexity index is 1110. The van der Waals surface area contributed by atoms with E-state index in [0.29, 0.717) is 28.7 Å². The van der Waals surface area contributed by atoms with Gasteiger partial charge in [0.2, 0.25) is 6.29 Å². The second-order valence-corrected chi connectivity index (χ2v) is 11.1. The minimum Gasteiger partial charge on any atom is -0.452 e. The first-order valence-electron chi connectivity index (χ1n) is 11.7. The Morgan fingerprint density at radius 3 is 2.18 bits per heavy atom. The minimum absolute atomic E-state index is 0.0364. The molecule has 0 fully saturated rings. The number of benzene rings is 1. The van der Waals surface area contributed by atoms with Crippen LogP contribution in [0.5, 0.6) is 0 Å². The van der Waals surface area contributed by atoms with Gasteiger partial charge in [-0.15, -0.1) is 0 Å². The summed E-state index contributed by atoms with van der Waals surface area (Å²) >= 11 is 6.74. The van der Waals surface area contributed by atoms with E-state index >= 15 is 0 Å². The summed E-state index contributed by atoms with van der Waals surface area (Å²) in [7, 11) is 0. The predicted molar refractivity (Wildman–Crippen MR) is 138 cm³/mol. The van der Waals surface area contributed by atoms with Gasteiger partial charge in [-0.05, 0) is 51.2 Å². The molecule has 34 heavy (non-hydrogen) atoms. The van der Waals surface area contributed by atoms with Crippen LogP contribution in [0.25, 0.3) is 11.3 Å². The van der Waals surface area contributed by atoms with E-state index < -0.39 is 11.7 Å². The van der Waals surface area contributed by atoms with E-state index in [1.165, 1.54) is 5.56 Å². The molecule has 184 valence electrons. The molecule has 2 aromatic rings. The molecule has 6 nitrogen and oxygen atoms in total. The van der Waals surface area contributed by atoms with Crippen LogP contribution in [0, 0.1) is 12.3 Å². The lowest BCUT2D eigenvalue weighted by atomic mass is 9.86. The summed E-state index contributed by atoms with van der Waals surface area (Å²) in [4.78, 5) is 17.0. The molecule has 7 heteroatoms. The first-order valence-corrected chi connectivity index (χ1v) is 12.1. The van der Waals surface area contributed by atoms with Crippen LogP contribution in [0.4, 0.5) is 0 Å². The van der Waals surface area contributed by atoms with Crippen molar-refractivity contribution < 1.29 is 14.3 Å².